The van der Waals surface area contributed by atoms with Crippen molar-refractivity contribution in [2.45, 2.75) is 32.9 Å². The van der Waals surface area contributed by atoms with Crippen LogP contribution >= 0.6 is 0 Å². The maximum atomic E-state index is 11.9. The molecule has 5 heteroatoms. The van der Waals surface area contributed by atoms with Crippen LogP contribution in [0.25, 0.3) is 0 Å². The summed E-state index contributed by atoms with van der Waals surface area (Å²) in [6.07, 6.45) is 0.510. The Morgan fingerprint density at radius 2 is 2.05 bits per heavy atom. The lowest BCUT2D eigenvalue weighted by Gasteiger charge is -2.11. The molecule has 0 saturated heterocycles. The average Bonchev–Trinajstić information content (AvgIpc) is 2.76. The molecule has 1 atom stereocenters. The molecule has 2 rings (SSSR count). The van der Waals surface area contributed by atoms with E-state index in [1.54, 1.807) is 0 Å². The van der Waals surface area contributed by atoms with Crippen molar-refractivity contribution in [3.05, 3.63) is 53.2 Å². The first-order chi connectivity index (χ1) is 9.56. The molecule has 0 aliphatic heterocycles. The van der Waals surface area contributed by atoms with Gasteiger partial charge in [-0.25, -0.2) is 4.98 Å². The first kappa shape index (κ1) is 14.3. The lowest BCUT2D eigenvalue weighted by Crippen LogP contribution is -2.41. The summed E-state index contributed by atoms with van der Waals surface area (Å²) in [5.41, 5.74) is 7.76. The van der Waals surface area contributed by atoms with Gasteiger partial charge in [0.2, 0.25) is 11.8 Å². The van der Waals surface area contributed by atoms with Crippen LogP contribution < -0.4 is 11.1 Å². The minimum Gasteiger partial charge on any atom is -0.444 e. The number of aryl methyl sites for hydroxylation is 2. The van der Waals surface area contributed by atoms with Gasteiger partial charge in [0.05, 0.1) is 18.3 Å². The maximum absolute atomic E-state index is 11.9. The van der Waals surface area contributed by atoms with Gasteiger partial charge in [-0.3, -0.25) is 4.79 Å². The number of hydrogen-bond acceptors (Lipinski definition) is 4. The molecule has 5 nitrogen and oxygen atoms in total. The number of carbonyl (C=O) groups is 1. The molecule has 0 bridgehead atoms. The second-order valence-corrected chi connectivity index (χ2v) is 4.76. The summed E-state index contributed by atoms with van der Waals surface area (Å²) >= 11 is 0. The van der Waals surface area contributed by atoms with Crippen molar-refractivity contribution in [1.29, 1.82) is 0 Å². The van der Waals surface area contributed by atoms with Gasteiger partial charge in [0, 0.05) is 0 Å². The van der Waals surface area contributed by atoms with E-state index in [-0.39, 0.29) is 12.5 Å². The summed E-state index contributed by atoms with van der Waals surface area (Å²) in [5.74, 6) is 1.06. The van der Waals surface area contributed by atoms with Crippen LogP contribution in [-0.4, -0.2) is 16.9 Å². The molecule has 1 unspecified atom stereocenters. The Morgan fingerprint density at radius 3 is 2.65 bits per heavy atom. The Morgan fingerprint density at radius 1 is 1.35 bits per heavy atom. The molecule has 0 aliphatic rings. The zero-order chi connectivity index (χ0) is 14.5. The van der Waals surface area contributed by atoms with Crippen LogP contribution in [0.4, 0.5) is 0 Å². The Balaban J connectivity index is 1.85. The normalized spacial score (nSPS) is 12.2. The number of rotatable bonds is 5. The van der Waals surface area contributed by atoms with E-state index in [2.05, 4.69) is 10.3 Å². The van der Waals surface area contributed by atoms with Gasteiger partial charge in [-0.05, 0) is 25.8 Å². The van der Waals surface area contributed by atoms with Crippen molar-refractivity contribution in [1.82, 2.24) is 10.3 Å². The fourth-order valence-corrected chi connectivity index (χ4v) is 1.87. The Bertz CT molecular complexity index is 559. The van der Waals surface area contributed by atoms with E-state index < -0.39 is 6.04 Å². The zero-order valence-electron chi connectivity index (χ0n) is 11.7. The van der Waals surface area contributed by atoms with Crippen LogP contribution in [0.1, 0.15) is 22.9 Å². The van der Waals surface area contributed by atoms with E-state index in [9.17, 15) is 4.79 Å². The van der Waals surface area contributed by atoms with E-state index in [0.29, 0.717) is 12.3 Å². The average molecular weight is 273 g/mol. The van der Waals surface area contributed by atoms with Crippen LogP contribution in [0.5, 0.6) is 0 Å². The molecular formula is C15H19N3O2. The molecule has 1 aromatic heterocycles. The molecule has 0 spiro atoms. The van der Waals surface area contributed by atoms with Crippen LogP contribution in [0.15, 0.2) is 34.7 Å². The summed E-state index contributed by atoms with van der Waals surface area (Å²) in [6, 6.07) is 9.12. The lowest BCUT2D eigenvalue weighted by molar-refractivity contribution is -0.122. The number of oxazole rings is 1. The number of hydrogen-bond donors (Lipinski definition) is 2. The molecule has 1 aromatic carbocycles. The molecule has 3 N–H and O–H groups in total. The van der Waals surface area contributed by atoms with Crippen LogP contribution in [0.3, 0.4) is 0 Å². The topological polar surface area (TPSA) is 81.2 Å². The van der Waals surface area contributed by atoms with Gasteiger partial charge in [0.1, 0.15) is 5.76 Å². The first-order valence-corrected chi connectivity index (χ1v) is 6.56. The van der Waals surface area contributed by atoms with E-state index >= 15 is 0 Å². The van der Waals surface area contributed by atoms with Gasteiger partial charge < -0.3 is 15.5 Å². The third-order valence-corrected chi connectivity index (χ3v) is 3.12. The van der Waals surface area contributed by atoms with Crippen LogP contribution in [-0.2, 0) is 17.8 Å². The minimum absolute atomic E-state index is 0.206. The summed E-state index contributed by atoms with van der Waals surface area (Å²) < 4.78 is 5.40. The zero-order valence-corrected chi connectivity index (χ0v) is 11.7. The fourth-order valence-electron chi connectivity index (χ4n) is 1.87. The van der Waals surface area contributed by atoms with Crippen molar-refractivity contribution in [2.24, 2.45) is 5.73 Å². The van der Waals surface area contributed by atoms with Gasteiger partial charge in [-0.15, -0.1) is 0 Å². The summed E-state index contributed by atoms with van der Waals surface area (Å²) in [4.78, 5) is 16.1. The number of amides is 1. The van der Waals surface area contributed by atoms with Gasteiger partial charge in [0.25, 0.3) is 0 Å². The molecule has 1 heterocycles. The SMILES string of the molecule is Cc1nc(CNC(=O)C(N)Cc2ccccc2)oc1C. The van der Waals surface area contributed by atoms with Crippen molar-refractivity contribution in [3.8, 4) is 0 Å². The second kappa shape index (κ2) is 6.34. The number of carbonyl (C=O) groups excluding carboxylic acids is 1. The Labute approximate surface area is 118 Å². The van der Waals surface area contributed by atoms with Crippen molar-refractivity contribution in [3.63, 3.8) is 0 Å². The number of nitrogens with zero attached hydrogens (tertiary/aromatic N) is 1. The third kappa shape index (κ3) is 3.68. The monoisotopic (exact) mass is 273 g/mol. The highest BCUT2D eigenvalue weighted by Gasteiger charge is 2.15. The van der Waals surface area contributed by atoms with Gasteiger partial charge in [-0.1, -0.05) is 30.3 Å². The third-order valence-electron chi connectivity index (χ3n) is 3.12. The predicted octanol–water partition coefficient (Wildman–Crippen LogP) is 1.48. The summed E-state index contributed by atoms with van der Waals surface area (Å²) in [6.45, 7) is 3.97. The molecule has 106 valence electrons. The van der Waals surface area contributed by atoms with E-state index in [4.69, 9.17) is 10.2 Å². The maximum Gasteiger partial charge on any atom is 0.237 e. The second-order valence-electron chi connectivity index (χ2n) is 4.76. The minimum atomic E-state index is -0.574. The Kier molecular flexibility index (Phi) is 4.53. The molecule has 0 radical (unpaired) electrons. The van der Waals surface area contributed by atoms with E-state index in [1.165, 1.54) is 0 Å². The molecule has 20 heavy (non-hydrogen) atoms. The first-order valence-electron chi connectivity index (χ1n) is 6.56. The highest BCUT2D eigenvalue weighted by molar-refractivity contribution is 5.81. The van der Waals surface area contributed by atoms with Gasteiger partial charge >= 0.3 is 0 Å². The molecule has 2 aromatic rings. The molecular weight excluding hydrogens is 254 g/mol. The number of aromatic nitrogens is 1. The van der Waals surface area contributed by atoms with E-state index in [0.717, 1.165) is 17.0 Å². The van der Waals surface area contributed by atoms with E-state index in [1.807, 2.05) is 44.2 Å². The predicted molar refractivity (Wildman–Crippen MR) is 75.9 cm³/mol. The van der Waals surface area contributed by atoms with Gasteiger partial charge in [-0.2, -0.15) is 0 Å². The lowest BCUT2D eigenvalue weighted by atomic mass is 10.1. The quantitative estimate of drug-likeness (QED) is 0.864. The molecule has 0 fully saturated rings. The highest BCUT2D eigenvalue weighted by Crippen LogP contribution is 2.08. The van der Waals surface area contributed by atoms with Crippen molar-refractivity contribution >= 4 is 5.91 Å². The largest absolute Gasteiger partial charge is 0.444 e. The van der Waals surface area contributed by atoms with Crippen molar-refractivity contribution in [2.75, 3.05) is 0 Å². The van der Waals surface area contributed by atoms with Crippen LogP contribution in [0, 0.1) is 13.8 Å². The van der Waals surface area contributed by atoms with Crippen molar-refractivity contribution < 1.29 is 9.21 Å². The molecule has 1 amide bonds. The van der Waals surface area contributed by atoms with Crippen LogP contribution in [0.2, 0.25) is 0 Å². The molecule has 0 saturated carbocycles. The summed E-state index contributed by atoms with van der Waals surface area (Å²) in [7, 11) is 0. The molecule has 0 aliphatic carbocycles. The fraction of sp³-hybridized carbons (Fsp3) is 0.333. The highest BCUT2D eigenvalue weighted by atomic mass is 16.4. The number of benzene rings is 1. The smallest absolute Gasteiger partial charge is 0.237 e. The standard InChI is InChI=1S/C15H19N3O2/c1-10-11(2)20-14(18-10)9-17-15(19)13(16)8-12-6-4-3-5-7-12/h3-7,13H,8-9,16H2,1-2H3,(H,17,19). The van der Waals surface area contributed by atoms with Gasteiger partial charge in [0.15, 0.2) is 0 Å². The number of nitrogens with one attached hydrogen (secondary N) is 1. The number of nitrogens with two attached hydrogens (primary N) is 1. The Hall–Kier alpha value is -2.14. The summed E-state index contributed by atoms with van der Waals surface area (Å²) in [5, 5.41) is 2.74.